The molecule has 3 aromatic rings. The first-order valence-electron chi connectivity index (χ1n) is 10.4. The van der Waals surface area contributed by atoms with Crippen molar-refractivity contribution in [2.45, 2.75) is 6.61 Å². The number of hydrogen-bond donors (Lipinski definition) is 1. The number of hydrogen-bond acceptors (Lipinski definition) is 5. The molecule has 11 heteroatoms. The summed E-state index contributed by atoms with van der Waals surface area (Å²) in [6.07, 6.45) is 1.55. The molecule has 0 radical (unpaired) electrons. The number of nitrogens with zero attached hydrogens (tertiary/aromatic N) is 1. The van der Waals surface area contributed by atoms with Crippen LogP contribution in [0.2, 0.25) is 10.0 Å². The van der Waals surface area contributed by atoms with Gasteiger partial charge in [-0.3, -0.25) is 19.3 Å². The third-order valence-electron chi connectivity index (χ3n) is 5.00. The van der Waals surface area contributed by atoms with Gasteiger partial charge in [0, 0.05) is 15.7 Å². The molecule has 184 valence electrons. The fourth-order valence-electron chi connectivity index (χ4n) is 3.19. The van der Waals surface area contributed by atoms with Crippen molar-refractivity contribution >= 4 is 79.7 Å². The molecule has 0 unspecified atom stereocenters. The number of carbonyl (C=O) groups excluding carboxylic acids is 3. The average Bonchev–Trinajstić information content (AvgIpc) is 3.09. The molecule has 1 aliphatic heterocycles. The van der Waals surface area contributed by atoms with Crippen LogP contribution in [0.25, 0.3) is 6.08 Å². The SMILES string of the molecule is O=C(CN1C(=O)S/C(=C\c2ccc(OCc3c(F)cccc3Cl)cc2)C1=O)Nc1ccc(Br)c(Cl)c1. The van der Waals surface area contributed by atoms with E-state index in [-0.39, 0.29) is 22.1 Å². The van der Waals surface area contributed by atoms with E-state index in [2.05, 4.69) is 21.2 Å². The molecule has 1 fully saturated rings. The van der Waals surface area contributed by atoms with Crippen LogP contribution in [0.4, 0.5) is 14.9 Å². The largest absolute Gasteiger partial charge is 0.489 e. The van der Waals surface area contributed by atoms with Crippen LogP contribution in [0.15, 0.2) is 70.0 Å². The summed E-state index contributed by atoms with van der Waals surface area (Å²) in [7, 11) is 0. The Balaban J connectivity index is 1.37. The van der Waals surface area contributed by atoms with Gasteiger partial charge in [0.2, 0.25) is 5.91 Å². The lowest BCUT2D eigenvalue weighted by Crippen LogP contribution is -2.36. The van der Waals surface area contributed by atoms with Gasteiger partial charge in [0.15, 0.2) is 0 Å². The number of nitrogens with one attached hydrogen (secondary N) is 1. The summed E-state index contributed by atoms with van der Waals surface area (Å²) in [6.45, 7) is -0.473. The molecule has 0 bridgehead atoms. The molecule has 0 saturated carbocycles. The van der Waals surface area contributed by atoms with E-state index in [0.717, 1.165) is 16.7 Å². The Bertz CT molecular complexity index is 1360. The van der Waals surface area contributed by atoms with Crippen LogP contribution < -0.4 is 10.1 Å². The molecular weight excluding hydrogens is 594 g/mol. The molecule has 1 heterocycles. The van der Waals surface area contributed by atoms with Crippen LogP contribution in [0, 0.1) is 5.82 Å². The van der Waals surface area contributed by atoms with E-state index >= 15 is 0 Å². The van der Waals surface area contributed by atoms with Gasteiger partial charge in [-0.05, 0) is 81.8 Å². The quantitative estimate of drug-likeness (QED) is 0.288. The Hall–Kier alpha value is -2.85. The lowest BCUT2D eigenvalue weighted by molar-refractivity contribution is -0.127. The zero-order chi connectivity index (χ0) is 25.8. The van der Waals surface area contributed by atoms with Gasteiger partial charge in [0.25, 0.3) is 11.1 Å². The predicted octanol–water partition coefficient (Wildman–Crippen LogP) is 7.15. The average molecular weight is 610 g/mol. The standard InChI is InChI=1S/C25H16BrCl2FN2O4S/c26-18-9-6-15(11-20(18)28)30-23(32)12-31-24(33)22(36-25(31)34)10-14-4-7-16(8-5-14)35-13-17-19(27)2-1-3-21(17)29/h1-11H,12-13H2,(H,30,32)/b22-10-. The summed E-state index contributed by atoms with van der Waals surface area (Å²) in [5, 5.41) is 2.76. The van der Waals surface area contributed by atoms with E-state index < -0.39 is 29.4 Å². The third kappa shape index (κ3) is 6.28. The lowest BCUT2D eigenvalue weighted by atomic mass is 10.2. The summed E-state index contributed by atoms with van der Waals surface area (Å²) in [4.78, 5) is 38.5. The highest BCUT2D eigenvalue weighted by molar-refractivity contribution is 9.10. The predicted molar refractivity (Wildman–Crippen MR) is 143 cm³/mol. The highest BCUT2D eigenvalue weighted by Gasteiger charge is 2.36. The van der Waals surface area contributed by atoms with Gasteiger partial charge < -0.3 is 10.1 Å². The zero-order valence-electron chi connectivity index (χ0n) is 18.3. The Kier molecular flexibility index (Phi) is 8.35. The first-order valence-corrected chi connectivity index (χ1v) is 12.7. The number of ether oxygens (including phenoxy) is 1. The number of imide groups is 1. The van der Waals surface area contributed by atoms with Crippen LogP contribution in [0.1, 0.15) is 11.1 Å². The van der Waals surface area contributed by atoms with Crippen molar-refractivity contribution in [2.24, 2.45) is 0 Å². The van der Waals surface area contributed by atoms with Gasteiger partial charge in [0.05, 0.1) is 15.0 Å². The normalized spacial score (nSPS) is 14.4. The third-order valence-corrected chi connectivity index (χ3v) is 7.50. The fraction of sp³-hybridized carbons (Fsp3) is 0.0800. The molecular formula is C25H16BrCl2FN2O4S. The molecule has 0 aromatic heterocycles. The number of benzene rings is 3. The maximum atomic E-state index is 13.9. The number of carbonyl (C=O) groups is 3. The zero-order valence-corrected chi connectivity index (χ0v) is 22.2. The van der Waals surface area contributed by atoms with Crippen molar-refractivity contribution in [3.63, 3.8) is 0 Å². The smallest absolute Gasteiger partial charge is 0.294 e. The lowest BCUT2D eigenvalue weighted by Gasteiger charge is -2.12. The fourth-order valence-corrected chi connectivity index (χ4v) is 4.67. The molecule has 1 saturated heterocycles. The molecule has 0 spiro atoms. The van der Waals surface area contributed by atoms with E-state index in [9.17, 15) is 18.8 Å². The van der Waals surface area contributed by atoms with Crippen molar-refractivity contribution in [1.29, 1.82) is 0 Å². The molecule has 3 aromatic carbocycles. The summed E-state index contributed by atoms with van der Waals surface area (Å²) < 4.78 is 20.2. The number of thioether (sulfide) groups is 1. The molecule has 6 nitrogen and oxygen atoms in total. The van der Waals surface area contributed by atoms with Gasteiger partial charge in [0.1, 0.15) is 24.7 Å². The topological polar surface area (TPSA) is 75.7 Å². The van der Waals surface area contributed by atoms with Gasteiger partial charge in [-0.15, -0.1) is 0 Å². The van der Waals surface area contributed by atoms with E-state index in [1.54, 1.807) is 54.6 Å². The molecule has 0 atom stereocenters. The van der Waals surface area contributed by atoms with E-state index in [4.69, 9.17) is 27.9 Å². The summed E-state index contributed by atoms with van der Waals surface area (Å²) in [6, 6.07) is 16.0. The molecule has 4 rings (SSSR count). The number of amides is 3. The monoisotopic (exact) mass is 608 g/mol. The van der Waals surface area contributed by atoms with E-state index in [1.807, 2.05) is 0 Å². The Morgan fingerprint density at radius 2 is 1.83 bits per heavy atom. The van der Waals surface area contributed by atoms with Crippen molar-refractivity contribution in [2.75, 3.05) is 11.9 Å². The molecule has 36 heavy (non-hydrogen) atoms. The number of rotatable bonds is 7. The van der Waals surface area contributed by atoms with Crippen LogP contribution >= 0.6 is 50.9 Å². The van der Waals surface area contributed by atoms with Crippen molar-refractivity contribution in [3.8, 4) is 5.75 Å². The van der Waals surface area contributed by atoms with Crippen LogP contribution in [0.5, 0.6) is 5.75 Å². The van der Waals surface area contributed by atoms with Crippen molar-refractivity contribution in [3.05, 3.63) is 97.0 Å². The molecule has 1 N–H and O–H groups in total. The molecule has 1 aliphatic rings. The van der Waals surface area contributed by atoms with E-state index in [1.165, 1.54) is 12.1 Å². The van der Waals surface area contributed by atoms with Crippen LogP contribution in [0.3, 0.4) is 0 Å². The van der Waals surface area contributed by atoms with Gasteiger partial charge in [-0.2, -0.15) is 0 Å². The second kappa shape index (κ2) is 11.5. The minimum Gasteiger partial charge on any atom is -0.489 e. The summed E-state index contributed by atoms with van der Waals surface area (Å²) in [5.41, 5.74) is 1.34. The van der Waals surface area contributed by atoms with Gasteiger partial charge in [-0.1, -0.05) is 41.4 Å². The minimum atomic E-state index is -0.566. The second-order valence-corrected chi connectivity index (χ2v) is 10.2. The highest BCUT2D eigenvalue weighted by Crippen LogP contribution is 2.33. The van der Waals surface area contributed by atoms with Crippen LogP contribution in [-0.4, -0.2) is 28.5 Å². The summed E-state index contributed by atoms with van der Waals surface area (Å²) >= 11 is 16.0. The highest BCUT2D eigenvalue weighted by atomic mass is 79.9. The van der Waals surface area contributed by atoms with Crippen molar-refractivity contribution < 1.29 is 23.5 Å². The Morgan fingerprint density at radius 1 is 1.08 bits per heavy atom. The summed E-state index contributed by atoms with van der Waals surface area (Å²) in [5.74, 6) is -1.08. The number of halogens is 4. The first kappa shape index (κ1) is 26.2. The van der Waals surface area contributed by atoms with Gasteiger partial charge >= 0.3 is 0 Å². The molecule has 0 aliphatic carbocycles. The van der Waals surface area contributed by atoms with Crippen LogP contribution in [-0.2, 0) is 16.2 Å². The number of anilines is 1. The second-order valence-electron chi connectivity index (χ2n) is 7.50. The first-order chi connectivity index (χ1) is 17.2. The Morgan fingerprint density at radius 3 is 2.53 bits per heavy atom. The molecule has 3 amide bonds. The maximum Gasteiger partial charge on any atom is 0.294 e. The Labute approximate surface area is 228 Å². The maximum absolute atomic E-state index is 13.9. The minimum absolute atomic E-state index is 0.0434. The van der Waals surface area contributed by atoms with Crippen molar-refractivity contribution in [1.82, 2.24) is 4.90 Å². The van der Waals surface area contributed by atoms with E-state index in [0.29, 0.717) is 26.5 Å². The van der Waals surface area contributed by atoms with Gasteiger partial charge in [-0.25, -0.2) is 4.39 Å².